The minimum absolute atomic E-state index is 0.0469. The highest BCUT2D eigenvalue weighted by Gasteiger charge is 2.24. The molecule has 2 aliphatic rings. The van der Waals surface area contributed by atoms with Gasteiger partial charge in [-0.1, -0.05) is 18.7 Å². The molecule has 0 spiro atoms. The lowest BCUT2D eigenvalue weighted by molar-refractivity contribution is -0.123. The lowest BCUT2D eigenvalue weighted by Crippen LogP contribution is -2.47. The van der Waals surface area contributed by atoms with Crippen LogP contribution < -0.4 is 21.3 Å². The van der Waals surface area contributed by atoms with Crippen molar-refractivity contribution < 1.29 is 15.0 Å². The van der Waals surface area contributed by atoms with E-state index in [0.29, 0.717) is 19.4 Å². The monoisotopic (exact) mass is 429 g/mol. The molecule has 0 saturated carbocycles. The first-order valence-electron chi connectivity index (χ1n) is 11.2. The lowest BCUT2D eigenvalue weighted by Gasteiger charge is -2.20. The van der Waals surface area contributed by atoms with Crippen LogP contribution in [0.1, 0.15) is 37.7 Å². The molecule has 31 heavy (non-hydrogen) atoms. The number of carbonyl (C=O) groups excluding carboxylic acids is 1. The standard InChI is InChI=1S/C23H35N5O3/c1-16-4-2-12-25-22(16)26-13-10-21(30)27-18-8-6-17(7-9-18)14-19(15-29)28-23(31)20-5-3-11-24-20/h6-9,19-21,24,27,29-30H,1-5,10-15H2,(H,25,26)(H,28,31). The molecule has 6 N–H and O–H groups in total. The zero-order chi connectivity index (χ0) is 22.1. The molecule has 1 saturated heterocycles. The highest BCUT2D eigenvalue weighted by molar-refractivity contribution is 5.98. The topological polar surface area (TPSA) is 118 Å². The molecule has 1 amide bonds. The van der Waals surface area contributed by atoms with Crippen LogP contribution in [0.25, 0.3) is 0 Å². The molecular formula is C23H35N5O3. The quantitative estimate of drug-likeness (QED) is 0.308. The number of rotatable bonds is 10. The predicted molar refractivity (Wildman–Crippen MR) is 123 cm³/mol. The Hall–Kier alpha value is -2.42. The Balaban J connectivity index is 1.40. The number of hydrogen-bond acceptors (Lipinski definition) is 7. The van der Waals surface area contributed by atoms with Crippen LogP contribution in [-0.2, 0) is 11.2 Å². The van der Waals surface area contributed by atoms with Crippen molar-refractivity contribution in [1.82, 2.24) is 16.0 Å². The summed E-state index contributed by atoms with van der Waals surface area (Å²) in [6.45, 7) is 6.21. The van der Waals surface area contributed by atoms with Gasteiger partial charge in [0.05, 0.1) is 18.7 Å². The highest BCUT2D eigenvalue weighted by atomic mass is 16.3. The van der Waals surface area contributed by atoms with Gasteiger partial charge in [0, 0.05) is 25.2 Å². The van der Waals surface area contributed by atoms with Crippen LogP contribution in [0, 0.1) is 0 Å². The third-order valence-electron chi connectivity index (χ3n) is 5.66. The van der Waals surface area contributed by atoms with Crippen LogP contribution in [0.5, 0.6) is 0 Å². The fourth-order valence-electron chi connectivity index (χ4n) is 3.88. The molecule has 170 valence electrons. The minimum Gasteiger partial charge on any atom is -0.394 e. The summed E-state index contributed by atoms with van der Waals surface area (Å²) in [5.41, 5.74) is 2.85. The molecular weight excluding hydrogens is 394 g/mol. The number of aliphatic hydroxyl groups is 2. The van der Waals surface area contributed by atoms with Crippen LogP contribution in [0.3, 0.4) is 0 Å². The normalized spacial score (nSPS) is 20.6. The van der Waals surface area contributed by atoms with E-state index in [1.165, 1.54) is 0 Å². The van der Waals surface area contributed by atoms with Crippen LogP contribution >= 0.6 is 0 Å². The first-order valence-corrected chi connectivity index (χ1v) is 11.2. The number of anilines is 1. The molecule has 0 aliphatic carbocycles. The fraction of sp³-hybridized carbons (Fsp3) is 0.565. The van der Waals surface area contributed by atoms with Gasteiger partial charge in [-0.2, -0.15) is 0 Å². The van der Waals surface area contributed by atoms with Crippen molar-refractivity contribution >= 4 is 17.4 Å². The maximum Gasteiger partial charge on any atom is 0.237 e. The Morgan fingerprint density at radius 1 is 1.29 bits per heavy atom. The molecule has 3 unspecified atom stereocenters. The third-order valence-corrected chi connectivity index (χ3v) is 5.66. The van der Waals surface area contributed by atoms with E-state index in [-0.39, 0.29) is 24.6 Å². The zero-order valence-electron chi connectivity index (χ0n) is 18.1. The van der Waals surface area contributed by atoms with Crippen molar-refractivity contribution in [3.05, 3.63) is 42.0 Å². The van der Waals surface area contributed by atoms with E-state index in [9.17, 15) is 15.0 Å². The van der Waals surface area contributed by atoms with Gasteiger partial charge in [-0.3, -0.25) is 9.79 Å². The third kappa shape index (κ3) is 7.34. The van der Waals surface area contributed by atoms with Gasteiger partial charge in [0.15, 0.2) is 0 Å². The van der Waals surface area contributed by atoms with E-state index in [0.717, 1.165) is 61.4 Å². The summed E-state index contributed by atoms with van der Waals surface area (Å²) in [6.07, 6.45) is 4.26. The molecule has 1 aromatic carbocycles. The zero-order valence-corrected chi connectivity index (χ0v) is 18.1. The molecule has 3 atom stereocenters. The molecule has 8 heteroatoms. The maximum atomic E-state index is 12.2. The van der Waals surface area contributed by atoms with Crippen LogP contribution in [0.15, 0.2) is 41.4 Å². The molecule has 1 fully saturated rings. The smallest absolute Gasteiger partial charge is 0.237 e. The minimum atomic E-state index is -0.681. The van der Waals surface area contributed by atoms with Gasteiger partial charge in [-0.25, -0.2) is 0 Å². The molecule has 0 aromatic heterocycles. The first-order chi connectivity index (χ1) is 15.0. The van der Waals surface area contributed by atoms with Gasteiger partial charge in [0.25, 0.3) is 0 Å². The average Bonchev–Trinajstić information content (AvgIpc) is 3.31. The molecule has 2 heterocycles. The Labute approximate surface area is 184 Å². The van der Waals surface area contributed by atoms with Crippen LogP contribution in [-0.4, -0.2) is 66.5 Å². The summed E-state index contributed by atoms with van der Waals surface area (Å²) in [7, 11) is 0. The maximum absolute atomic E-state index is 12.2. The van der Waals surface area contributed by atoms with Crippen molar-refractivity contribution in [2.45, 2.75) is 56.8 Å². The SMILES string of the molecule is C=C1CCCN=C1NCCC(O)Nc1ccc(CC(CO)NC(=O)C2CCCN2)cc1. The summed E-state index contributed by atoms with van der Waals surface area (Å²) >= 11 is 0. The van der Waals surface area contributed by atoms with Crippen molar-refractivity contribution in [3.8, 4) is 0 Å². The Bertz CT molecular complexity index is 759. The van der Waals surface area contributed by atoms with Crippen molar-refractivity contribution in [2.24, 2.45) is 4.99 Å². The van der Waals surface area contributed by atoms with Gasteiger partial charge in [0.1, 0.15) is 12.1 Å². The fourth-order valence-corrected chi connectivity index (χ4v) is 3.88. The molecule has 0 radical (unpaired) electrons. The van der Waals surface area contributed by atoms with E-state index >= 15 is 0 Å². The average molecular weight is 430 g/mol. The Kier molecular flexibility index (Phi) is 8.87. The molecule has 1 aromatic rings. The van der Waals surface area contributed by atoms with Gasteiger partial charge in [-0.05, 0) is 61.9 Å². The van der Waals surface area contributed by atoms with E-state index < -0.39 is 6.23 Å². The second-order valence-electron chi connectivity index (χ2n) is 8.25. The number of nitrogens with zero attached hydrogens (tertiary/aromatic N) is 1. The van der Waals surface area contributed by atoms with Crippen molar-refractivity contribution in [3.63, 3.8) is 0 Å². The molecule has 2 aliphatic heterocycles. The van der Waals surface area contributed by atoms with Gasteiger partial charge < -0.3 is 31.5 Å². The number of amidine groups is 1. The van der Waals surface area contributed by atoms with E-state index in [1.807, 2.05) is 24.3 Å². The summed E-state index contributed by atoms with van der Waals surface area (Å²) < 4.78 is 0. The summed E-state index contributed by atoms with van der Waals surface area (Å²) in [5, 5.41) is 32.3. The number of amides is 1. The van der Waals surface area contributed by atoms with Crippen molar-refractivity contribution in [1.29, 1.82) is 0 Å². The van der Waals surface area contributed by atoms with Gasteiger partial charge in [-0.15, -0.1) is 0 Å². The summed E-state index contributed by atoms with van der Waals surface area (Å²) in [6, 6.07) is 7.21. The number of nitrogens with one attached hydrogen (secondary N) is 4. The van der Waals surface area contributed by atoms with E-state index in [2.05, 4.69) is 32.8 Å². The number of hydrogen-bond donors (Lipinski definition) is 6. The molecule has 0 bridgehead atoms. The second-order valence-corrected chi connectivity index (χ2v) is 8.25. The van der Waals surface area contributed by atoms with Crippen molar-refractivity contribution in [2.75, 3.05) is 31.6 Å². The number of benzene rings is 1. The first kappa shape index (κ1) is 23.2. The van der Waals surface area contributed by atoms with Gasteiger partial charge >= 0.3 is 0 Å². The number of carbonyl (C=O) groups is 1. The van der Waals surface area contributed by atoms with E-state index in [1.54, 1.807) is 0 Å². The predicted octanol–water partition coefficient (Wildman–Crippen LogP) is 0.917. The largest absolute Gasteiger partial charge is 0.394 e. The Morgan fingerprint density at radius 2 is 2.10 bits per heavy atom. The van der Waals surface area contributed by atoms with E-state index in [4.69, 9.17) is 0 Å². The summed E-state index contributed by atoms with van der Waals surface area (Å²) in [5.74, 6) is 0.811. The Morgan fingerprint density at radius 3 is 2.77 bits per heavy atom. The van der Waals surface area contributed by atoms with Crippen LogP contribution in [0.4, 0.5) is 5.69 Å². The number of aliphatic imine (C=N–C) groups is 1. The number of aliphatic hydroxyl groups excluding tert-OH is 2. The lowest BCUT2D eigenvalue weighted by atomic mass is 10.1. The molecule has 8 nitrogen and oxygen atoms in total. The summed E-state index contributed by atoms with van der Waals surface area (Å²) in [4.78, 5) is 16.7. The second kappa shape index (κ2) is 11.8. The van der Waals surface area contributed by atoms with Crippen LogP contribution in [0.2, 0.25) is 0 Å². The van der Waals surface area contributed by atoms with Gasteiger partial charge in [0.2, 0.25) is 5.91 Å². The molecule has 3 rings (SSSR count). The highest BCUT2D eigenvalue weighted by Crippen LogP contribution is 2.14.